The largest absolute Gasteiger partial charge is 0.416 e. The summed E-state index contributed by atoms with van der Waals surface area (Å²) in [6, 6.07) is 11.3. The summed E-state index contributed by atoms with van der Waals surface area (Å²) in [6.07, 6.45) is -1.19. The van der Waals surface area contributed by atoms with Gasteiger partial charge in [0.2, 0.25) is 0 Å². The number of imidazole rings is 1. The van der Waals surface area contributed by atoms with Crippen molar-refractivity contribution in [3.8, 4) is 0 Å². The Balaban J connectivity index is 1.67. The quantitative estimate of drug-likeness (QED) is 0.253. The van der Waals surface area contributed by atoms with E-state index >= 15 is 0 Å². The van der Waals surface area contributed by atoms with Crippen LogP contribution in [0, 0.1) is 5.82 Å². The molecule has 0 aliphatic carbocycles. The number of rotatable bonds is 5. The molecule has 0 aliphatic heterocycles. The van der Waals surface area contributed by atoms with Gasteiger partial charge in [-0.1, -0.05) is 47.6 Å². The van der Waals surface area contributed by atoms with Gasteiger partial charge in [0.05, 0.1) is 29.3 Å². The highest BCUT2D eigenvalue weighted by Crippen LogP contribution is 2.32. The zero-order valence-electron chi connectivity index (χ0n) is 15.3. The van der Waals surface area contributed by atoms with Gasteiger partial charge in [-0.15, -0.1) is 0 Å². The van der Waals surface area contributed by atoms with E-state index in [9.17, 15) is 17.6 Å². The molecule has 0 fully saturated rings. The second kappa shape index (κ2) is 8.28. The molecule has 3 nitrogen and oxygen atoms in total. The number of nitrogens with zero attached hydrogens (tertiary/aromatic N) is 3. The highest BCUT2D eigenvalue weighted by Gasteiger charge is 2.30. The van der Waals surface area contributed by atoms with Crippen LogP contribution in [0.15, 0.2) is 66.1 Å². The first-order valence-electron chi connectivity index (χ1n) is 8.85. The molecule has 0 N–H and O–H groups in total. The third-order valence-corrected chi connectivity index (χ3v) is 5.92. The first-order valence-corrected chi connectivity index (χ1v) is 10.2. The second-order valence-electron chi connectivity index (χ2n) is 6.53. The molecule has 0 aliphatic rings. The maximum Gasteiger partial charge on any atom is 0.416 e. The molecule has 2 aromatic heterocycles. The van der Waals surface area contributed by atoms with Crippen LogP contribution >= 0.6 is 23.4 Å². The van der Waals surface area contributed by atoms with Crippen LogP contribution in [0.25, 0.3) is 11.0 Å². The molecule has 0 atom stereocenters. The monoisotopic (exact) mass is 451 g/mol. The molecule has 0 radical (unpaired) electrons. The van der Waals surface area contributed by atoms with E-state index in [1.54, 1.807) is 35.2 Å². The fraction of sp³-hybridized carbons (Fsp3) is 0.143. The average Bonchev–Trinajstić information content (AvgIpc) is 3.06. The molecule has 2 heterocycles. The molecule has 0 saturated heterocycles. The SMILES string of the molecule is Fc1cccc(Cl)c1Cn1c(SCc2cccc(C(F)(F)F)c2)nc2ccncc21. The van der Waals surface area contributed by atoms with Crippen molar-refractivity contribution in [2.24, 2.45) is 0 Å². The van der Waals surface area contributed by atoms with E-state index in [1.807, 2.05) is 0 Å². The van der Waals surface area contributed by atoms with Crippen molar-refractivity contribution in [3.63, 3.8) is 0 Å². The number of thioether (sulfide) groups is 1. The molecule has 0 unspecified atom stereocenters. The lowest BCUT2D eigenvalue weighted by atomic mass is 10.1. The zero-order valence-corrected chi connectivity index (χ0v) is 16.9. The van der Waals surface area contributed by atoms with Crippen molar-refractivity contribution in [3.05, 3.63) is 88.5 Å². The lowest BCUT2D eigenvalue weighted by molar-refractivity contribution is -0.137. The van der Waals surface area contributed by atoms with Crippen molar-refractivity contribution in [1.29, 1.82) is 0 Å². The summed E-state index contributed by atoms with van der Waals surface area (Å²) < 4.78 is 55.0. The van der Waals surface area contributed by atoms with Gasteiger partial charge in [0, 0.05) is 22.5 Å². The van der Waals surface area contributed by atoms with Crippen LogP contribution in [0.2, 0.25) is 5.02 Å². The van der Waals surface area contributed by atoms with Crippen molar-refractivity contribution in [2.75, 3.05) is 0 Å². The summed E-state index contributed by atoms with van der Waals surface area (Å²) in [7, 11) is 0. The molecule has 0 saturated carbocycles. The molecule has 0 amide bonds. The van der Waals surface area contributed by atoms with E-state index in [4.69, 9.17) is 11.6 Å². The number of hydrogen-bond acceptors (Lipinski definition) is 3. The molecule has 0 spiro atoms. The number of halogens is 5. The van der Waals surface area contributed by atoms with Crippen LogP contribution in [0.1, 0.15) is 16.7 Å². The molecular formula is C21H14ClF4N3S. The van der Waals surface area contributed by atoms with Gasteiger partial charge in [0.25, 0.3) is 0 Å². The fourth-order valence-electron chi connectivity index (χ4n) is 3.04. The van der Waals surface area contributed by atoms with Crippen LogP contribution in [0.4, 0.5) is 17.6 Å². The number of pyridine rings is 1. The minimum absolute atomic E-state index is 0.124. The molecule has 154 valence electrons. The van der Waals surface area contributed by atoms with Crippen LogP contribution in [0.3, 0.4) is 0 Å². The Morgan fingerprint density at radius 3 is 2.63 bits per heavy atom. The predicted octanol–water partition coefficient (Wildman–Crippen LogP) is 6.58. The van der Waals surface area contributed by atoms with Gasteiger partial charge in [0.1, 0.15) is 5.82 Å². The van der Waals surface area contributed by atoms with Gasteiger partial charge >= 0.3 is 6.18 Å². The van der Waals surface area contributed by atoms with E-state index in [0.717, 1.165) is 12.1 Å². The number of alkyl halides is 3. The number of aromatic nitrogens is 3. The van der Waals surface area contributed by atoms with Crippen molar-refractivity contribution >= 4 is 34.4 Å². The summed E-state index contributed by atoms with van der Waals surface area (Å²) in [5, 5.41) is 0.823. The molecule has 9 heteroatoms. The van der Waals surface area contributed by atoms with Gasteiger partial charge in [0.15, 0.2) is 5.16 Å². The Hall–Kier alpha value is -2.58. The third kappa shape index (κ3) is 4.29. The second-order valence-corrected chi connectivity index (χ2v) is 7.88. The summed E-state index contributed by atoms with van der Waals surface area (Å²) in [6.45, 7) is 0.124. The number of benzene rings is 2. The molecule has 4 aromatic rings. The van der Waals surface area contributed by atoms with E-state index < -0.39 is 17.6 Å². The van der Waals surface area contributed by atoms with Gasteiger partial charge in [-0.3, -0.25) is 4.98 Å². The highest BCUT2D eigenvalue weighted by atomic mass is 35.5. The van der Waals surface area contributed by atoms with Crippen molar-refractivity contribution < 1.29 is 17.6 Å². The standard InChI is InChI=1S/C21H14ClF4N3S/c22-16-5-2-6-17(23)15(16)11-29-19-10-27-8-7-18(19)28-20(29)30-12-13-3-1-4-14(9-13)21(24,25)26/h1-10H,11-12H2. The predicted molar refractivity (Wildman–Crippen MR) is 109 cm³/mol. The molecule has 30 heavy (non-hydrogen) atoms. The van der Waals surface area contributed by atoms with Crippen LogP contribution < -0.4 is 0 Å². The zero-order chi connectivity index (χ0) is 21.3. The maximum atomic E-state index is 14.3. The Bertz CT molecular complexity index is 1190. The van der Waals surface area contributed by atoms with Gasteiger partial charge in [-0.2, -0.15) is 13.2 Å². The molecule has 4 rings (SSSR count). The normalized spacial score (nSPS) is 11.9. The lowest BCUT2D eigenvalue weighted by Gasteiger charge is -2.12. The smallest absolute Gasteiger partial charge is 0.313 e. The van der Waals surface area contributed by atoms with E-state index in [0.29, 0.717) is 27.3 Å². The summed E-state index contributed by atoms with van der Waals surface area (Å²) in [5.41, 5.74) is 1.46. The van der Waals surface area contributed by atoms with Gasteiger partial charge in [-0.25, -0.2) is 9.37 Å². The highest BCUT2D eigenvalue weighted by molar-refractivity contribution is 7.98. The van der Waals surface area contributed by atoms with Crippen LogP contribution in [0.5, 0.6) is 0 Å². The summed E-state index contributed by atoms with van der Waals surface area (Å²) in [5.74, 6) is -0.173. The maximum absolute atomic E-state index is 14.3. The van der Waals surface area contributed by atoms with E-state index in [1.165, 1.54) is 30.0 Å². The van der Waals surface area contributed by atoms with Gasteiger partial charge in [-0.05, 0) is 29.8 Å². The minimum Gasteiger partial charge on any atom is -0.313 e. The summed E-state index contributed by atoms with van der Waals surface area (Å²) in [4.78, 5) is 8.66. The Morgan fingerprint density at radius 2 is 1.87 bits per heavy atom. The Kier molecular flexibility index (Phi) is 5.71. The third-order valence-electron chi connectivity index (χ3n) is 4.52. The minimum atomic E-state index is -4.40. The average molecular weight is 452 g/mol. The first kappa shape index (κ1) is 20.7. The molecular weight excluding hydrogens is 438 g/mol. The molecule has 0 bridgehead atoms. The van der Waals surface area contributed by atoms with Crippen LogP contribution in [-0.4, -0.2) is 14.5 Å². The lowest BCUT2D eigenvalue weighted by Crippen LogP contribution is -2.06. The fourth-order valence-corrected chi connectivity index (χ4v) is 4.22. The molecule has 2 aromatic carbocycles. The number of hydrogen-bond donors (Lipinski definition) is 0. The Morgan fingerprint density at radius 1 is 1.07 bits per heavy atom. The van der Waals surface area contributed by atoms with Gasteiger partial charge < -0.3 is 4.57 Å². The van der Waals surface area contributed by atoms with Crippen LogP contribution in [-0.2, 0) is 18.5 Å². The Labute approximate surface area is 178 Å². The summed E-state index contributed by atoms with van der Waals surface area (Å²) >= 11 is 7.45. The van der Waals surface area contributed by atoms with Crippen molar-refractivity contribution in [2.45, 2.75) is 23.6 Å². The topological polar surface area (TPSA) is 30.7 Å². The van der Waals surface area contributed by atoms with E-state index in [-0.39, 0.29) is 17.3 Å². The number of fused-ring (bicyclic) bond motifs is 1. The first-order chi connectivity index (χ1) is 14.3. The van der Waals surface area contributed by atoms with E-state index in [2.05, 4.69) is 9.97 Å². The van der Waals surface area contributed by atoms with Crippen molar-refractivity contribution in [1.82, 2.24) is 14.5 Å².